The van der Waals surface area contributed by atoms with Gasteiger partial charge in [-0.15, -0.1) is 0 Å². The summed E-state index contributed by atoms with van der Waals surface area (Å²) in [7, 11) is 1.87. The van der Waals surface area contributed by atoms with Gasteiger partial charge in [-0.05, 0) is 28.1 Å². The van der Waals surface area contributed by atoms with Gasteiger partial charge in [-0.2, -0.15) is 0 Å². The van der Waals surface area contributed by atoms with Crippen LogP contribution >= 0.6 is 15.9 Å². The first-order valence-electron chi connectivity index (χ1n) is 4.60. The van der Waals surface area contributed by atoms with Crippen molar-refractivity contribution in [3.8, 4) is 11.4 Å². The highest BCUT2D eigenvalue weighted by molar-refractivity contribution is 9.10. The Labute approximate surface area is 101 Å². The number of carbonyl (C=O) groups is 1. The number of benzene rings is 1. The summed E-state index contributed by atoms with van der Waals surface area (Å²) in [5, 5.41) is 9.00. The molecule has 4 nitrogen and oxygen atoms in total. The highest BCUT2D eigenvalue weighted by Crippen LogP contribution is 2.24. The van der Waals surface area contributed by atoms with E-state index in [9.17, 15) is 4.79 Å². The van der Waals surface area contributed by atoms with E-state index in [0.717, 1.165) is 11.4 Å². The van der Waals surface area contributed by atoms with Crippen LogP contribution in [0, 0.1) is 0 Å². The number of halogens is 1. The topological polar surface area (TPSA) is 55.1 Å². The van der Waals surface area contributed by atoms with Gasteiger partial charge >= 0.3 is 5.97 Å². The highest BCUT2D eigenvalue weighted by Gasteiger charge is 2.11. The maximum Gasteiger partial charge on any atom is 0.336 e. The van der Waals surface area contributed by atoms with Crippen LogP contribution in [-0.2, 0) is 7.05 Å². The van der Waals surface area contributed by atoms with Crippen LogP contribution in [0.4, 0.5) is 0 Å². The van der Waals surface area contributed by atoms with Gasteiger partial charge in [0.1, 0.15) is 5.82 Å². The summed E-state index contributed by atoms with van der Waals surface area (Å²) >= 11 is 3.20. The van der Waals surface area contributed by atoms with Crippen molar-refractivity contribution in [3.05, 3.63) is 40.6 Å². The summed E-state index contributed by atoms with van der Waals surface area (Å²) in [5.74, 6) is -0.210. The molecule has 16 heavy (non-hydrogen) atoms. The molecule has 0 saturated heterocycles. The molecule has 0 unspecified atom stereocenters. The minimum Gasteiger partial charge on any atom is -0.478 e. The molecule has 2 rings (SSSR count). The summed E-state index contributed by atoms with van der Waals surface area (Å²) in [6.45, 7) is 0. The van der Waals surface area contributed by atoms with Crippen molar-refractivity contribution in [1.29, 1.82) is 0 Å². The lowest BCUT2D eigenvalue weighted by atomic mass is 10.1. The van der Waals surface area contributed by atoms with Crippen molar-refractivity contribution < 1.29 is 9.90 Å². The zero-order chi connectivity index (χ0) is 11.7. The molecule has 0 fully saturated rings. The third kappa shape index (κ3) is 1.86. The van der Waals surface area contributed by atoms with Crippen LogP contribution in [0.5, 0.6) is 0 Å². The van der Waals surface area contributed by atoms with E-state index in [1.54, 1.807) is 18.3 Å². The quantitative estimate of drug-likeness (QED) is 0.920. The van der Waals surface area contributed by atoms with Gasteiger partial charge in [0.25, 0.3) is 0 Å². The Kier molecular flexibility index (Phi) is 2.78. The molecule has 1 N–H and O–H groups in total. The third-order valence-corrected chi connectivity index (χ3v) is 2.97. The van der Waals surface area contributed by atoms with Crippen molar-refractivity contribution in [2.75, 3.05) is 0 Å². The van der Waals surface area contributed by atoms with Crippen LogP contribution in [0.2, 0.25) is 0 Å². The summed E-state index contributed by atoms with van der Waals surface area (Å²) in [4.78, 5) is 15.1. The number of aromatic nitrogens is 2. The number of carboxylic acids is 1. The maximum atomic E-state index is 11.0. The molecular formula is C11H9BrN2O2. The Morgan fingerprint density at radius 3 is 2.81 bits per heavy atom. The molecular weight excluding hydrogens is 272 g/mol. The van der Waals surface area contributed by atoms with Crippen LogP contribution in [0.1, 0.15) is 10.4 Å². The van der Waals surface area contributed by atoms with Gasteiger partial charge < -0.3 is 9.67 Å². The lowest BCUT2D eigenvalue weighted by Crippen LogP contribution is -1.99. The molecule has 0 amide bonds. The second-order valence-corrected chi connectivity index (χ2v) is 4.22. The number of carboxylic acid groups (broad SMARTS) is 1. The molecule has 0 saturated carbocycles. The Balaban J connectivity index is 2.56. The number of hydrogen-bond acceptors (Lipinski definition) is 2. The fraction of sp³-hybridized carbons (Fsp3) is 0.0909. The van der Waals surface area contributed by atoms with E-state index in [-0.39, 0.29) is 5.56 Å². The van der Waals surface area contributed by atoms with Gasteiger partial charge in [0.2, 0.25) is 0 Å². The Morgan fingerprint density at radius 1 is 1.50 bits per heavy atom. The molecule has 0 aliphatic heterocycles. The first kappa shape index (κ1) is 10.9. The molecule has 2 aromatic rings. The average molecular weight is 281 g/mol. The first-order valence-corrected chi connectivity index (χ1v) is 5.39. The molecule has 5 heteroatoms. The Bertz CT molecular complexity index is 549. The predicted molar refractivity (Wildman–Crippen MR) is 63.3 cm³/mol. The van der Waals surface area contributed by atoms with E-state index in [1.807, 2.05) is 23.9 Å². The molecule has 0 aliphatic rings. The van der Waals surface area contributed by atoms with Crippen molar-refractivity contribution >= 4 is 21.9 Å². The summed E-state index contributed by atoms with van der Waals surface area (Å²) in [5.41, 5.74) is 1.02. The Hall–Kier alpha value is -1.62. The largest absolute Gasteiger partial charge is 0.478 e. The zero-order valence-corrected chi connectivity index (χ0v) is 10.1. The number of hydrogen-bond donors (Lipinski definition) is 1. The molecule has 0 spiro atoms. The van der Waals surface area contributed by atoms with E-state index in [0.29, 0.717) is 4.47 Å². The van der Waals surface area contributed by atoms with Gasteiger partial charge in [0.05, 0.1) is 5.56 Å². The first-order chi connectivity index (χ1) is 7.59. The molecule has 0 atom stereocenters. The summed E-state index contributed by atoms with van der Waals surface area (Å²) in [6.07, 6.45) is 3.50. The number of rotatable bonds is 2. The molecule has 1 aromatic heterocycles. The molecule has 1 heterocycles. The molecule has 82 valence electrons. The van der Waals surface area contributed by atoms with Crippen molar-refractivity contribution in [2.45, 2.75) is 0 Å². The van der Waals surface area contributed by atoms with Crippen molar-refractivity contribution in [3.63, 3.8) is 0 Å². The SMILES string of the molecule is Cn1ccnc1-c1ccc(Br)c(C(=O)O)c1. The van der Waals surface area contributed by atoms with Gasteiger partial charge in [-0.1, -0.05) is 6.07 Å². The number of aryl methyl sites for hydroxylation is 1. The van der Waals surface area contributed by atoms with E-state index in [2.05, 4.69) is 20.9 Å². The van der Waals surface area contributed by atoms with Gasteiger partial charge in [0.15, 0.2) is 0 Å². The van der Waals surface area contributed by atoms with Crippen LogP contribution in [0.15, 0.2) is 35.1 Å². The minimum absolute atomic E-state index is 0.237. The zero-order valence-electron chi connectivity index (χ0n) is 8.51. The molecule has 0 aliphatic carbocycles. The lowest BCUT2D eigenvalue weighted by molar-refractivity contribution is 0.0696. The van der Waals surface area contributed by atoms with Crippen LogP contribution in [0.3, 0.4) is 0 Å². The monoisotopic (exact) mass is 280 g/mol. The lowest BCUT2D eigenvalue weighted by Gasteiger charge is -2.04. The third-order valence-electron chi connectivity index (χ3n) is 2.28. The minimum atomic E-state index is -0.956. The standard InChI is InChI=1S/C11H9BrN2O2/c1-14-5-4-13-10(14)7-2-3-9(12)8(6-7)11(15)16/h2-6H,1H3,(H,15,16). The van der Waals surface area contributed by atoms with Crippen LogP contribution in [0.25, 0.3) is 11.4 Å². The van der Waals surface area contributed by atoms with E-state index >= 15 is 0 Å². The second kappa shape index (κ2) is 4.09. The fourth-order valence-corrected chi connectivity index (χ4v) is 1.89. The van der Waals surface area contributed by atoms with Crippen LogP contribution in [-0.4, -0.2) is 20.6 Å². The maximum absolute atomic E-state index is 11.0. The van der Waals surface area contributed by atoms with E-state index in [4.69, 9.17) is 5.11 Å². The summed E-state index contributed by atoms with van der Waals surface area (Å²) < 4.78 is 2.41. The smallest absolute Gasteiger partial charge is 0.336 e. The van der Waals surface area contributed by atoms with E-state index in [1.165, 1.54) is 0 Å². The van der Waals surface area contributed by atoms with Crippen molar-refractivity contribution in [2.24, 2.45) is 7.05 Å². The average Bonchev–Trinajstić information content (AvgIpc) is 2.65. The normalized spacial score (nSPS) is 10.4. The molecule has 0 bridgehead atoms. The molecule has 0 radical (unpaired) electrons. The van der Waals surface area contributed by atoms with Crippen molar-refractivity contribution in [1.82, 2.24) is 9.55 Å². The number of aromatic carboxylic acids is 1. The number of nitrogens with zero attached hydrogens (tertiary/aromatic N) is 2. The van der Waals surface area contributed by atoms with Gasteiger partial charge in [-0.25, -0.2) is 9.78 Å². The summed E-state index contributed by atoms with van der Waals surface area (Å²) in [6, 6.07) is 5.15. The van der Waals surface area contributed by atoms with E-state index < -0.39 is 5.97 Å². The molecule has 1 aromatic carbocycles. The van der Waals surface area contributed by atoms with Crippen LogP contribution < -0.4 is 0 Å². The van der Waals surface area contributed by atoms with Gasteiger partial charge in [0, 0.05) is 29.5 Å². The highest BCUT2D eigenvalue weighted by atomic mass is 79.9. The predicted octanol–water partition coefficient (Wildman–Crippen LogP) is 2.55. The Morgan fingerprint density at radius 2 is 2.25 bits per heavy atom. The number of imidazole rings is 1. The second-order valence-electron chi connectivity index (χ2n) is 3.36. The fourth-order valence-electron chi connectivity index (χ4n) is 1.47. The van der Waals surface area contributed by atoms with Gasteiger partial charge in [-0.3, -0.25) is 0 Å².